The minimum absolute atomic E-state index is 0.0760. The van der Waals surface area contributed by atoms with Gasteiger partial charge in [-0.1, -0.05) is 13.8 Å². The van der Waals surface area contributed by atoms with Gasteiger partial charge >= 0.3 is 5.97 Å². The van der Waals surface area contributed by atoms with Crippen molar-refractivity contribution in [2.75, 3.05) is 6.54 Å². The Kier molecular flexibility index (Phi) is 3.89. The minimum atomic E-state index is -1.01. The Hall–Kier alpha value is -1.43. The van der Waals surface area contributed by atoms with E-state index in [-0.39, 0.29) is 22.9 Å². The third-order valence-electron chi connectivity index (χ3n) is 3.88. The summed E-state index contributed by atoms with van der Waals surface area (Å²) < 4.78 is 0. The molecule has 0 saturated heterocycles. The van der Waals surface area contributed by atoms with E-state index in [1.54, 1.807) is 0 Å². The highest BCUT2D eigenvalue weighted by Crippen LogP contribution is 2.54. The maximum atomic E-state index is 11.9. The number of rotatable bonds is 6. The maximum absolute atomic E-state index is 11.9. The van der Waals surface area contributed by atoms with Crippen LogP contribution in [0.4, 0.5) is 0 Å². The first kappa shape index (κ1) is 14.0. The second-order valence-corrected chi connectivity index (χ2v) is 6.18. The second kappa shape index (κ2) is 5.28. The highest BCUT2D eigenvalue weighted by Gasteiger charge is 2.52. The first-order valence-corrected chi connectivity index (χ1v) is 7.29. The molecule has 1 aliphatic rings. The Bertz CT molecular complexity index is 500. The van der Waals surface area contributed by atoms with Crippen LogP contribution in [0.15, 0.2) is 5.38 Å². The van der Waals surface area contributed by atoms with Crippen molar-refractivity contribution in [2.45, 2.75) is 33.1 Å². The number of aromatic nitrogens is 1. The van der Waals surface area contributed by atoms with Crippen molar-refractivity contribution < 1.29 is 14.7 Å². The number of carbonyl (C=O) groups excluding carboxylic acids is 1. The molecule has 6 heteroatoms. The van der Waals surface area contributed by atoms with Gasteiger partial charge < -0.3 is 10.4 Å². The molecule has 1 saturated carbocycles. The molecule has 0 aliphatic heterocycles. The smallest absolute Gasteiger partial charge is 0.355 e. The molecule has 19 heavy (non-hydrogen) atoms. The monoisotopic (exact) mass is 282 g/mol. The normalized spacial score (nSPS) is 25.1. The molecule has 1 amide bonds. The fraction of sp³-hybridized carbons (Fsp3) is 0.615. The Morgan fingerprint density at radius 2 is 2.37 bits per heavy atom. The lowest BCUT2D eigenvalue weighted by molar-refractivity contribution is -0.123. The van der Waals surface area contributed by atoms with Gasteiger partial charge in [0.2, 0.25) is 5.91 Å². The van der Waals surface area contributed by atoms with E-state index in [0.29, 0.717) is 13.0 Å². The van der Waals surface area contributed by atoms with Crippen LogP contribution in [0.25, 0.3) is 0 Å². The minimum Gasteiger partial charge on any atom is -0.476 e. The van der Waals surface area contributed by atoms with Crippen LogP contribution in [0, 0.1) is 11.3 Å². The van der Waals surface area contributed by atoms with Gasteiger partial charge in [0.25, 0.3) is 0 Å². The van der Waals surface area contributed by atoms with Crippen molar-refractivity contribution in [3.8, 4) is 0 Å². The van der Waals surface area contributed by atoms with Gasteiger partial charge in [0.1, 0.15) is 0 Å². The Morgan fingerprint density at radius 3 is 2.89 bits per heavy atom. The van der Waals surface area contributed by atoms with Crippen molar-refractivity contribution >= 4 is 23.2 Å². The highest BCUT2D eigenvalue weighted by atomic mass is 32.1. The van der Waals surface area contributed by atoms with E-state index in [0.717, 1.165) is 17.8 Å². The number of hydrogen-bond acceptors (Lipinski definition) is 4. The molecule has 1 aliphatic carbocycles. The topological polar surface area (TPSA) is 79.3 Å². The Balaban J connectivity index is 1.75. The number of aromatic carboxylic acids is 1. The van der Waals surface area contributed by atoms with Gasteiger partial charge in [0.05, 0.1) is 5.01 Å². The van der Waals surface area contributed by atoms with Crippen LogP contribution in [-0.4, -0.2) is 28.5 Å². The molecule has 1 fully saturated rings. The summed E-state index contributed by atoms with van der Waals surface area (Å²) in [4.78, 5) is 26.5. The lowest BCUT2D eigenvalue weighted by atomic mass is 10.0. The van der Waals surface area contributed by atoms with E-state index in [9.17, 15) is 9.59 Å². The Labute approximate surface area is 116 Å². The van der Waals surface area contributed by atoms with E-state index >= 15 is 0 Å². The van der Waals surface area contributed by atoms with E-state index in [4.69, 9.17) is 5.11 Å². The van der Waals surface area contributed by atoms with Crippen molar-refractivity contribution in [1.29, 1.82) is 0 Å². The Morgan fingerprint density at radius 1 is 1.63 bits per heavy atom. The van der Waals surface area contributed by atoms with Crippen LogP contribution >= 0.6 is 11.3 Å². The molecule has 0 spiro atoms. The zero-order valence-electron chi connectivity index (χ0n) is 11.1. The SMILES string of the molecule is CC[C@@]1(C)C[C@H]1C(=O)NCCc1nc(C(=O)O)cs1. The van der Waals surface area contributed by atoms with Crippen LogP contribution in [0.2, 0.25) is 0 Å². The fourth-order valence-electron chi connectivity index (χ4n) is 2.15. The lowest BCUT2D eigenvalue weighted by Crippen LogP contribution is -2.28. The van der Waals surface area contributed by atoms with Gasteiger partial charge in [-0.25, -0.2) is 9.78 Å². The summed E-state index contributed by atoms with van der Waals surface area (Å²) >= 11 is 1.31. The molecular formula is C13H18N2O3S. The van der Waals surface area contributed by atoms with E-state index < -0.39 is 5.97 Å². The van der Waals surface area contributed by atoms with Gasteiger partial charge in [-0.05, 0) is 18.3 Å². The van der Waals surface area contributed by atoms with Gasteiger partial charge in [-0.2, -0.15) is 0 Å². The number of carboxylic acid groups (broad SMARTS) is 1. The van der Waals surface area contributed by atoms with E-state index in [1.807, 2.05) is 0 Å². The molecule has 0 radical (unpaired) electrons. The summed E-state index contributed by atoms with van der Waals surface area (Å²) in [6.07, 6.45) is 2.58. The number of amides is 1. The number of nitrogens with one attached hydrogen (secondary N) is 1. The third kappa shape index (κ3) is 3.12. The molecule has 0 aromatic carbocycles. The average Bonchev–Trinajstić information content (AvgIpc) is 2.85. The van der Waals surface area contributed by atoms with Gasteiger partial charge in [0.15, 0.2) is 5.69 Å². The van der Waals surface area contributed by atoms with Gasteiger partial charge in [0, 0.05) is 24.3 Å². The van der Waals surface area contributed by atoms with Crippen molar-refractivity contribution in [2.24, 2.45) is 11.3 Å². The molecule has 1 aromatic rings. The molecule has 0 bridgehead atoms. The number of hydrogen-bond donors (Lipinski definition) is 2. The fourth-order valence-corrected chi connectivity index (χ4v) is 2.92. The first-order chi connectivity index (χ1) is 8.96. The number of carboxylic acids is 1. The summed E-state index contributed by atoms with van der Waals surface area (Å²) in [7, 11) is 0. The van der Waals surface area contributed by atoms with Crippen LogP contribution in [0.5, 0.6) is 0 Å². The first-order valence-electron chi connectivity index (χ1n) is 6.41. The molecule has 1 heterocycles. The summed E-state index contributed by atoms with van der Waals surface area (Å²) in [6, 6.07) is 0. The molecule has 2 rings (SSSR count). The second-order valence-electron chi connectivity index (χ2n) is 5.24. The summed E-state index contributed by atoms with van der Waals surface area (Å²) in [5.74, 6) is -0.758. The average molecular weight is 282 g/mol. The maximum Gasteiger partial charge on any atom is 0.355 e. The molecule has 104 valence electrons. The summed E-state index contributed by atoms with van der Waals surface area (Å²) in [6.45, 7) is 4.76. The van der Waals surface area contributed by atoms with Crippen LogP contribution < -0.4 is 5.32 Å². The number of nitrogens with zero attached hydrogens (tertiary/aromatic N) is 1. The predicted molar refractivity (Wildman–Crippen MR) is 72.3 cm³/mol. The molecular weight excluding hydrogens is 264 g/mol. The molecule has 1 aromatic heterocycles. The van der Waals surface area contributed by atoms with Crippen LogP contribution in [-0.2, 0) is 11.2 Å². The molecule has 0 unspecified atom stereocenters. The standard InChI is InChI=1S/C13H18N2O3S/c1-3-13(2)6-8(13)11(16)14-5-4-10-15-9(7-19-10)12(17)18/h7-8H,3-6H2,1-2H3,(H,14,16)(H,17,18)/t8-,13-/m0/s1. The molecule has 2 N–H and O–H groups in total. The third-order valence-corrected chi connectivity index (χ3v) is 4.79. The zero-order chi connectivity index (χ0) is 14.0. The van der Waals surface area contributed by atoms with Crippen LogP contribution in [0.3, 0.4) is 0 Å². The van der Waals surface area contributed by atoms with Crippen molar-refractivity contribution in [3.05, 3.63) is 16.1 Å². The van der Waals surface area contributed by atoms with E-state index in [1.165, 1.54) is 16.7 Å². The molecule has 5 nitrogen and oxygen atoms in total. The number of thiazole rings is 1. The van der Waals surface area contributed by atoms with Gasteiger partial charge in [-0.3, -0.25) is 4.79 Å². The highest BCUT2D eigenvalue weighted by molar-refractivity contribution is 7.09. The summed E-state index contributed by atoms with van der Waals surface area (Å²) in [5, 5.41) is 13.9. The van der Waals surface area contributed by atoms with Gasteiger partial charge in [-0.15, -0.1) is 11.3 Å². The largest absolute Gasteiger partial charge is 0.476 e. The van der Waals surface area contributed by atoms with E-state index in [2.05, 4.69) is 24.1 Å². The number of carbonyl (C=O) groups is 2. The van der Waals surface area contributed by atoms with Crippen molar-refractivity contribution in [1.82, 2.24) is 10.3 Å². The predicted octanol–water partition coefficient (Wildman–Crippen LogP) is 1.94. The van der Waals surface area contributed by atoms with Crippen LogP contribution in [0.1, 0.15) is 42.2 Å². The quantitative estimate of drug-likeness (QED) is 0.835. The lowest BCUT2D eigenvalue weighted by Gasteiger charge is -2.07. The van der Waals surface area contributed by atoms with Crippen molar-refractivity contribution in [3.63, 3.8) is 0 Å². The molecule has 2 atom stereocenters. The summed E-state index contributed by atoms with van der Waals surface area (Å²) in [5.41, 5.74) is 0.258. The zero-order valence-corrected chi connectivity index (χ0v) is 11.9.